The van der Waals surface area contributed by atoms with Gasteiger partial charge in [0.15, 0.2) is 0 Å². The highest BCUT2D eigenvalue weighted by Gasteiger charge is 2.32. The molecule has 0 aliphatic carbocycles. The summed E-state index contributed by atoms with van der Waals surface area (Å²) >= 11 is 0. The SMILES string of the molecule is CCN(CC)C(=O)N1CCN(C(=O)C2CNC2)CC1.Cl. The van der Waals surface area contributed by atoms with Crippen molar-refractivity contribution in [2.75, 3.05) is 52.4 Å². The van der Waals surface area contributed by atoms with Crippen LogP contribution in [0, 0.1) is 5.92 Å². The highest BCUT2D eigenvalue weighted by molar-refractivity contribution is 5.85. The number of amides is 3. The smallest absolute Gasteiger partial charge is 0.320 e. The van der Waals surface area contributed by atoms with Crippen LogP contribution in [0.2, 0.25) is 0 Å². The van der Waals surface area contributed by atoms with Crippen molar-refractivity contribution < 1.29 is 9.59 Å². The van der Waals surface area contributed by atoms with Crippen LogP contribution in [0.1, 0.15) is 13.8 Å². The number of urea groups is 1. The van der Waals surface area contributed by atoms with Gasteiger partial charge in [0.1, 0.15) is 0 Å². The third-order valence-electron chi connectivity index (χ3n) is 4.03. The van der Waals surface area contributed by atoms with Gasteiger partial charge in [-0.15, -0.1) is 12.4 Å². The Kier molecular flexibility index (Phi) is 6.55. The number of hydrogen-bond acceptors (Lipinski definition) is 3. The summed E-state index contributed by atoms with van der Waals surface area (Å²) in [6, 6.07) is 0.0995. The molecule has 0 aromatic heterocycles. The van der Waals surface area contributed by atoms with Crippen LogP contribution >= 0.6 is 12.4 Å². The lowest BCUT2D eigenvalue weighted by molar-refractivity contribution is -0.138. The molecule has 7 heteroatoms. The standard InChI is InChI=1S/C13H24N4O2.ClH/c1-3-15(4-2)13(19)17-7-5-16(6-8-17)12(18)11-9-14-10-11;/h11,14H,3-10H2,1-2H3;1H. The summed E-state index contributed by atoms with van der Waals surface area (Å²) in [5, 5.41) is 3.12. The normalized spacial score (nSPS) is 19.1. The molecule has 2 aliphatic rings. The molecule has 0 saturated carbocycles. The first-order valence-electron chi connectivity index (χ1n) is 7.20. The van der Waals surface area contributed by atoms with E-state index in [-0.39, 0.29) is 30.3 Å². The summed E-state index contributed by atoms with van der Waals surface area (Å²) in [6.07, 6.45) is 0. The van der Waals surface area contributed by atoms with Crippen LogP contribution in [0.15, 0.2) is 0 Å². The average molecular weight is 305 g/mol. The Labute approximate surface area is 126 Å². The van der Waals surface area contributed by atoms with Crippen molar-refractivity contribution in [1.29, 1.82) is 0 Å². The number of halogens is 1. The molecule has 0 aromatic rings. The maximum absolute atomic E-state index is 12.2. The molecule has 0 atom stereocenters. The average Bonchev–Trinajstić information content (AvgIpc) is 2.38. The lowest BCUT2D eigenvalue weighted by atomic mass is 10.0. The summed E-state index contributed by atoms with van der Waals surface area (Å²) < 4.78 is 0. The van der Waals surface area contributed by atoms with Crippen LogP contribution in [0.4, 0.5) is 4.79 Å². The maximum atomic E-state index is 12.2. The van der Waals surface area contributed by atoms with E-state index in [1.165, 1.54) is 0 Å². The Morgan fingerprint density at radius 1 is 1.05 bits per heavy atom. The van der Waals surface area contributed by atoms with Crippen molar-refractivity contribution in [2.24, 2.45) is 5.92 Å². The lowest BCUT2D eigenvalue weighted by Gasteiger charge is -2.39. The fourth-order valence-electron chi connectivity index (χ4n) is 2.53. The molecule has 0 radical (unpaired) electrons. The highest BCUT2D eigenvalue weighted by Crippen LogP contribution is 2.12. The lowest BCUT2D eigenvalue weighted by Crippen LogP contribution is -2.58. The number of piperazine rings is 1. The minimum atomic E-state index is 0. The zero-order valence-corrected chi connectivity index (χ0v) is 13.1. The zero-order chi connectivity index (χ0) is 13.8. The van der Waals surface area contributed by atoms with E-state index in [2.05, 4.69) is 5.32 Å². The first-order valence-corrected chi connectivity index (χ1v) is 7.20. The van der Waals surface area contributed by atoms with Crippen molar-refractivity contribution in [3.05, 3.63) is 0 Å². The van der Waals surface area contributed by atoms with Gasteiger partial charge in [-0.25, -0.2) is 4.79 Å². The third-order valence-corrected chi connectivity index (χ3v) is 4.03. The molecule has 2 heterocycles. The maximum Gasteiger partial charge on any atom is 0.320 e. The van der Waals surface area contributed by atoms with Gasteiger partial charge in [0.05, 0.1) is 5.92 Å². The molecule has 0 spiro atoms. The Balaban J connectivity index is 0.00000200. The Morgan fingerprint density at radius 2 is 1.55 bits per heavy atom. The molecule has 0 bridgehead atoms. The number of hydrogen-bond donors (Lipinski definition) is 1. The summed E-state index contributed by atoms with van der Waals surface area (Å²) in [6.45, 7) is 9.71. The van der Waals surface area contributed by atoms with E-state index >= 15 is 0 Å². The quantitative estimate of drug-likeness (QED) is 0.812. The number of carbonyl (C=O) groups is 2. The number of nitrogens with zero attached hydrogens (tertiary/aromatic N) is 3. The molecule has 0 unspecified atom stereocenters. The molecule has 0 aromatic carbocycles. The predicted molar refractivity (Wildman–Crippen MR) is 80.1 cm³/mol. The highest BCUT2D eigenvalue weighted by atomic mass is 35.5. The van der Waals surface area contributed by atoms with Gasteiger partial charge in [-0.05, 0) is 13.8 Å². The van der Waals surface area contributed by atoms with Gasteiger partial charge in [0.2, 0.25) is 5.91 Å². The second-order valence-electron chi connectivity index (χ2n) is 5.12. The number of carbonyl (C=O) groups excluding carboxylic acids is 2. The van der Waals surface area contributed by atoms with Gasteiger partial charge in [0, 0.05) is 52.4 Å². The van der Waals surface area contributed by atoms with Gasteiger partial charge in [0.25, 0.3) is 0 Å². The Morgan fingerprint density at radius 3 is 1.95 bits per heavy atom. The molecule has 116 valence electrons. The zero-order valence-electron chi connectivity index (χ0n) is 12.3. The van der Waals surface area contributed by atoms with E-state index in [9.17, 15) is 9.59 Å². The van der Waals surface area contributed by atoms with Crippen LogP contribution in [-0.2, 0) is 4.79 Å². The van der Waals surface area contributed by atoms with Crippen molar-refractivity contribution >= 4 is 24.3 Å². The topological polar surface area (TPSA) is 55.9 Å². The fraction of sp³-hybridized carbons (Fsp3) is 0.846. The first-order chi connectivity index (χ1) is 9.17. The number of nitrogens with one attached hydrogen (secondary N) is 1. The van der Waals surface area contributed by atoms with Crippen LogP contribution < -0.4 is 5.32 Å². The van der Waals surface area contributed by atoms with Crippen molar-refractivity contribution in [3.63, 3.8) is 0 Å². The van der Waals surface area contributed by atoms with Crippen molar-refractivity contribution in [2.45, 2.75) is 13.8 Å². The van der Waals surface area contributed by atoms with Crippen molar-refractivity contribution in [1.82, 2.24) is 20.0 Å². The Hall–Kier alpha value is -1.01. The van der Waals surface area contributed by atoms with E-state index in [1.54, 1.807) is 0 Å². The fourth-order valence-corrected chi connectivity index (χ4v) is 2.53. The van der Waals surface area contributed by atoms with E-state index in [1.807, 2.05) is 28.5 Å². The summed E-state index contributed by atoms with van der Waals surface area (Å²) in [5.41, 5.74) is 0. The molecule has 2 rings (SSSR count). The van der Waals surface area contributed by atoms with Gasteiger partial charge in [-0.1, -0.05) is 0 Å². The molecule has 2 aliphatic heterocycles. The predicted octanol–water partition coefficient (Wildman–Crippen LogP) is 0.234. The van der Waals surface area contributed by atoms with Crippen LogP contribution in [0.3, 0.4) is 0 Å². The number of rotatable bonds is 3. The molecular weight excluding hydrogens is 280 g/mol. The van der Waals surface area contributed by atoms with E-state index < -0.39 is 0 Å². The first kappa shape index (κ1) is 17.0. The molecule has 2 fully saturated rings. The summed E-state index contributed by atoms with van der Waals surface area (Å²) in [5.74, 6) is 0.402. The van der Waals surface area contributed by atoms with Gasteiger partial charge < -0.3 is 20.0 Å². The van der Waals surface area contributed by atoms with Crippen LogP contribution in [0.5, 0.6) is 0 Å². The molecule has 3 amide bonds. The summed E-state index contributed by atoms with van der Waals surface area (Å²) in [4.78, 5) is 29.8. The molecular formula is C13H25ClN4O2. The third kappa shape index (κ3) is 3.55. The minimum Gasteiger partial charge on any atom is -0.339 e. The van der Waals surface area contributed by atoms with Gasteiger partial charge in [-0.3, -0.25) is 4.79 Å². The van der Waals surface area contributed by atoms with E-state index in [0.29, 0.717) is 26.2 Å². The van der Waals surface area contributed by atoms with Crippen molar-refractivity contribution in [3.8, 4) is 0 Å². The van der Waals surface area contributed by atoms with Crippen LogP contribution in [-0.4, -0.2) is 79.0 Å². The van der Waals surface area contributed by atoms with E-state index in [0.717, 1.165) is 26.2 Å². The summed E-state index contributed by atoms with van der Waals surface area (Å²) in [7, 11) is 0. The molecule has 6 nitrogen and oxygen atoms in total. The second kappa shape index (κ2) is 7.69. The molecule has 20 heavy (non-hydrogen) atoms. The molecule has 2 saturated heterocycles. The second-order valence-corrected chi connectivity index (χ2v) is 5.12. The van der Waals surface area contributed by atoms with Gasteiger partial charge in [-0.2, -0.15) is 0 Å². The minimum absolute atomic E-state index is 0. The monoisotopic (exact) mass is 304 g/mol. The van der Waals surface area contributed by atoms with Crippen LogP contribution in [0.25, 0.3) is 0 Å². The largest absolute Gasteiger partial charge is 0.339 e. The van der Waals surface area contributed by atoms with E-state index in [4.69, 9.17) is 0 Å². The van der Waals surface area contributed by atoms with Gasteiger partial charge >= 0.3 is 6.03 Å². The Bertz CT molecular complexity index is 337. The molecule has 1 N–H and O–H groups in total.